The van der Waals surface area contributed by atoms with Crippen LogP contribution in [0, 0.1) is 6.92 Å². The minimum atomic E-state index is -0.268. The number of nitrogens with one attached hydrogen (secondary N) is 1. The van der Waals surface area contributed by atoms with E-state index in [9.17, 15) is 4.79 Å². The number of hydrazone groups is 1. The molecule has 4 rings (SSSR count). The van der Waals surface area contributed by atoms with Gasteiger partial charge in [-0.15, -0.1) is 0 Å². The molecule has 4 nitrogen and oxygen atoms in total. The average molecular weight is 433 g/mol. The van der Waals surface area contributed by atoms with Crippen molar-refractivity contribution < 1.29 is 9.21 Å². The Kier molecular flexibility index (Phi) is 5.08. The lowest BCUT2D eigenvalue weighted by molar-refractivity contribution is 0.0955. The number of rotatable bonds is 4. The van der Waals surface area contributed by atoms with Crippen molar-refractivity contribution in [3.63, 3.8) is 0 Å². The second-order valence-corrected chi connectivity index (χ2v) is 7.30. The van der Waals surface area contributed by atoms with Crippen molar-refractivity contribution in [3.05, 3.63) is 94.2 Å². The summed E-state index contributed by atoms with van der Waals surface area (Å²) < 4.78 is 6.77. The SMILES string of the molecule is Cc1ccc(-c2ccc(/C=N\NC(=O)c3ccc4ccccc4c3)o2)c(Br)c1. The van der Waals surface area contributed by atoms with Gasteiger partial charge in [0.1, 0.15) is 11.5 Å². The molecule has 0 radical (unpaired) electrons. The lowest BCUT2D eigenvalue weighted by Crippen LogP contribution is -2.17. The quantitative estimate of drug-likeness (QED) is 0.320. The van der Waals surface area contributed by atoms with Gasteiger partial charge in [0.15, 0.2) is 0 Å². The second-order valence-electron chi connectivity index (χ2n) is 6.45. The highest BCUT2D eigenvalue weighted by molar-refractivity contribution is 9.10. The van der Waals surface area contributed by atoms with Crippen LogP contribution in [0.5, 0.6) is 0 Å². The van der Waals surface area contributed by atoms with Crippen LogP contribution in [0.15, 0.2) is 86.8 Å². The van der Waals surface area contributed by atoms with Crippen molar-refractivity contribution in [2.24, 2.45) is 5.10 Å². The van der Waals surface area contributed by atoms with E-state index in [0.717, 1.165) is 26.6 Å². The van der Waals surface area contributed by atoms with Gasteiger partial charge in [0, 0.05) is 15.6 Å². The standard InChI is InChI=1S/C23H17BrN2O2/c1-15-6-10-20(21(24)12-15)22-11-9-19(28-22)14-25-26-23(27)18-8-7-16-4-2-3-5-17(16)13-18/h2-14H,1H3,(H,26,27)/b25-14-. The zero-order valence-electron chi connectivity index (χ0n) is 15.1. The van der Waals surface area contributed by atoms with Crippen LogP contribution < -0.4 is 5.43 Å². The van der Waals surface area contributed by atoms with Crippen LogP contribution in [0.2, 0.25) is 0 Å². The maximum absolute atomic E-state index is 12.3. The summed E-state index contributed by atoms with van der Waals surface area (Å²) in [6.07, 6.45) is 1.49. The molecule has 4 aromatic rings. The molecule has 1 aromatic heterocycles. The number of amides is 1. The lowest BCUT2D eigenvalue weighted by Gasteiger charge is -2.02. The van der Waals surface area contributed by atoms with E-state index in [-0.39, 0.29) is 5.91 Å². The molecule has 0 aliphatic rings. The Bertz CT molecular complexity index is 1190. The van der Waals surface area contributed by atoms with Crippen molar-refractivity contribution in [2.75, 3.05) is 0 Å². The first-order chi connectivity index (χ1) is 13.6. The van der Waals surface area contributed by atoms with Crippen molar-refractivity contribution in [1.29, 1.82) is 0 Å². The van der Waals surface area contributed by atoms with Crippen molar-refractivity contribution >= 4 is 38.8 Å². The number of furan rings is 1. The first-order valence-corrected chi connectivity index (χ1v) is 9.58. The Labute approximate surface area is 171 Å². The van der Waals surface area contributed by atoms with Gasteiger partial charge in [-0.25, -0.2) is 5.43 Å². The van der Waals surface area contributed by atoms with E-state index in [1.165, 1.54) is 11.8 Å². The highest BCUT2D eigenvalue weighted by atomic mass is 79.9. The van der Waals surface area contributed by atoms with Crippen molar-refractivity contribution in [1.82, 2.24) is 5.43 Å². The Morgan fingerprint density at radius 2 is 1.82 bits per heavy atom. The van der Waals surface area contributed by atoms with Crippen molar-refractivity contribution in [3.8, 4) is 11.3 Å². The average Bonchev–Trinajstić information content (AvgIpc) is 3.16. The van der Waals surface area contributed by atoms with Gasteiger partial charge in [0.05, 0.1) is 6.21 Å². The van der Waals surface area contributed by atoms with Gasteiger partial charge in [-0.05, 0) is 59.7 Å². The van der Waals surface area contributed by atoms with Gasteiger partial charge in [0.25, 0.3) is 5.91 Å². The Morgan fingerprint density at radius 1 is 1.00 bits per heavy atom. The molecule has 1 N–H and O–H groups in total. The third-order valence-corrected chi connectivity index (χ3v) is 5.04. The van der Waals surface area contributed by atoms with Gasteiger partial charge in [0.2, 0.25) is 0 Å². The smallest absolute Gasteiger partial charge is 0.271 e. The fourth-order valence-electron chi connectivity index (χ4n) is 2.94. The summed E-state index contributed by atoms with van der Waals surface area (Å²) in [5, 5.41) is 6.11. The molecule has 0 saturated heterocycles. The molecule has 0 saturated carbocycles. The second kappa shape index (κ2) is 7.82. The van der Waals surface area contributed by atoms with E-state index in [0.29, 0.717) is 11.3 Å². The molecule has 0 spiro atoms. The largest absolute Gasteiger partial charge is 0.455 e. The Morgan fingerprint density at radius 3 is 2.64 bits per heavy atom. The highest BCUT2D eigenvalue weighted by Gasteiger charge is 2.08. The zero-order valence-corrected chi connectivity index (χ0v) is 16.7. The Balaban J connectivity index is 1.46. The highest BCUT2D eigenvalue weighted by Crippen LogP contribution is 2.30. The number of hydrogen-bond donors (Lipinski definition) is 1. The number of aryl methyl sites for hydroxylation is 1. The molecule has 0 bridgehead atoms. The lowest BCUT2D eigenvalue weighted by atomic mass is 10.1. The summed E-state index contributed by atoms with van der Waals surface area (Å²) in [5.41, 5.74) is 5.23. The number of benzene rings is 3. The zero-order chi connectivity index (χ0) is 19.5. The van der Waals surface area contributed by atoms with Crippen LogP contribution in [0.4, 0.5) is 0 Å². The topological polar surface area (TPSA) is 54.6 Å². The summed E-state index contributed by atoms with van der Waals surface area (Å²) >= 11 is 3.56. The molecule has 0 atom stereocenters. The third-order valence-electron chi connectivity index (χ3n) is 4.39. The molecule has 1 amide bonds. The molecular weight excluding hydrogens is 416 g/mol. The summed E-state index contributed by atoms with van der Waals surface area (Å²) in [6, 6.07) is 23.2. The number of carbonyl (C=O) groups is 1. The van der Waals surface area contributed by atoms with Gasteiger partial charge in [-0.2, -0.15) is 5.10 Å². The molecule has 138 valence electrons. The van der Waals surface area contributed by atoms with E-state index in [2.05, 4.69) is 26.5 Å². The monoisotopic (exact) mass is 432 g/mol. The van der Waals surface area contributed by atoms with E-state index in [4.69, 9.17) is 4.42 Å². The van der Waals surface area contributed by atoms with Gasteiger partial charge in [-0.3, -0.25) is 4.79 Å². The van der Waals surface area contributed by atoms with Crippen LogP contribution in [0.1, 0.15) is 21.7 Å². The van der Waals surface area contributed by atoms with E-state index < -0.39 is 0 Å². The van der Waals surface area contributed by atoms with Crippen LogP contribution in [-0.4, -0.2) is 12.1 Å². The first-order valence-electron chi connectivity index (χ1n) is 8.79. The summed E-state index contributed by atoms with van der Waals surface area (Å²) in [4.78, 5) is 12.3. The van der Waals surface area contributed by atoms with Gasteiger partial charge < -0.3 is 4.42 Å². The number of hydrogen-bond acceptors (Lipinski definition) is 3. The number of nitrogens with zero attached hydrogens (tertiary/aromatic N) is 1. The van der Waals surface area contributed by atoms with Crippen molar-refractivity contribution in [2.45, 2.75) is 6.92 Å². The predicted octanol–water partition coefficient (Wildman–Crippen LogP) is 5.93. The number of carbonyl (C=O) groups excluding carboxylic acids is 1. The molecule has 0 aliphatic heterocycles. The fraction of sp³-hybridized carbons (Fsp3) is 0.0435. The van der Waals surface area contributed by atoms with E-state index in [1.54, 1.807) is 6.07 Å². The minimum Gasteiger partial charge on any atom is -0.455 e. The fourth-order valence-corrected chi connectivity index (χ4v) is 3.63. The maximum Gasteiger partial charge on any atom is 0.271 e. The molecule has 0 aliphatic carbocycles. The molecule has 0 unspecified atom stereocenters. The third kappa shape index (κ3) is 3.89. The molecular formula is C23H17BrN2O2. The molecule has 1 heterocycles. The number of halogens is 1. The number of fused-ring (bicyclic) bond motifs is 1. The summed E-state index contributed by atoms with van der Waals surface area (Å²) in [5.74, 6) is 1.02. The van der Waals surface area contributed by atoms with Gasteiger partial charge in [-0.1, -0.05) is 52.3 Å². The normalized spacial score (nSPS) is 11.2. The maximum atomic E-state index is 12.3. The summed E-state index contributed by atoms with van der Waals surface area (Å²) in [7, 11) is 0. The minimum absolute atomic E-state index is 0.268. The van der Waals surface area contributed by atoms with Crippen LogP contribution in [0.25, 0.3) is 22.1 Å². The first kappa shape index (κ1) is 18.2. The predicted molar refractivity (Wildman–Crippen MR) is 116 cm³/mol. The van der Waals surface area contributed by atoms with Gasteiger partial charge >= 0.3 is 0 Å². The molecule has 0 fully saturated rings. The molecule has 28 heavy (non-hydrogen) atoms. The Hall–Kier alpha value is -3.18. The van der Waals surface area contributed by atoms with Crippen LogP contribution in [-0.2, 0) is 0 Å². The van der Waals surface area contributed by atoms with Crippen LogP contribution in [0.3, 0.4) is 0 Å². The van der Waals surface area contributed by atoms with E-state index in [1.807, 2.05) is 73.7 Å². The van der Waals surface area contributed by atoms with E-state index >= 15 is 0 Å². The molecule has 5 heteroatoms. The summed E-state index contributed by atoms with van der Waals surface area (Å²) in [6.45, 7) is 2.03. The van der Waals surface area contributed by atoms with Crippen LogP contribution >= 0.6 is 15.9 Å². The molecule has 3 aromatic carbocycles.